The lowest BCUT2D eigenvalue weighted by atomic mass is 9.96. The Morgan fingerprint density at radius 2 is 2.18 bits per heavy atom. The van der Waals surface area contributed by atoms with E-state index in [9.17, 15) is 4.79 Å². The molecule has 0 aromatic heterocycles. The monoisotopic (exact) mass is 155 g/mol. The Hall–Kier alpha value is -0.790. The Labute approximate surface area is 68.7 Å². The van der Waals surface area contributed by atoms with Gasteiger partial charge in [-0.05, 0) is 13.3 Å². The van der Waals surface area contributed by atoms with Gasteiger partial charge in [-0.1, -0.05) is 25.5 Å². The third-order valence-electron chi connectivity index (χ3n) is 1.74. The molecule has 0 aliphatic heterocycles. The molecule has 0 rings (SSSR count). The van der Waals surface area contributed by atoms with Crippen LogP contribution in [0.5, 0.6) is 0 Å². The van der Waals surface area contributed by atoms with Crippen LogP contribution in [-0.4, -0.2) is 13.0 Å². The van der Waals surface area contributed by atoms with Crippen LogP contribution >= 0.6 is 0 Å². The molecular weight excluding hydrogens is 138 g/mol. The fourth-order valence-electron chi connectivity index (χ4n) is 1.06. The van der Waals surface area contributed by atoms with Gasteiger partial charge in [-0.2, -0.15) is 0 Å². The Morgan fingerprint density at radius 1 is 1.64 bits per heavy atom. The summed E-state index contributed by atoms with van der Waals surface area (Å²) in [4.78, 5) is 11.2. The van der Waals surface area contributed by atoms with Crippen LogP contribution in [0.15, 0.2) is 12.2 Å². The molecule has 0 spiro atoms. The van der Waals surface area contributed by atoms with Gasteiger partial charge in [-0.15, -0.1) is 0 Å². The van der Waals surface area contributed by atoms with E-state index in [0.717, 1.165) is 18.4 Å². The number of hydrogen-bond acceptors (Lipinski definition) is 1. The van der Waals surface area contributed by atoms with E-state index in [1.807, 2.05) is 6.92 Å². The number of hydrogen-bond donors (Lipinski definition) is 1. The first-order chi connectivity index (χ1) is 5.13. The Kier molecular flexibility index (Phi) is 4.59. The molecule has 0 aromatic carbocycles. The van der Waals surface area contributed by atoms with Gasteiger partial charge in [-0.25, -0.2) is 0 Å². The summed E-state index contributed by atoms with van der Waals surface area (Å²) < 4.78 is 0. The Morgan fingerprint density at radius 3 is 2.45 bits per heavy atom. The molecular formula is C9H17NO. The van der Waals surface area contributed by atoms with Crippen LogP contribution in [0.25, 0.3) is 0 Å². The van der Waals surface area contributed by atoms with Crippen molar-refractivity contribution in [2.75, 3.05) is 7.05 Å². The van der Waals surface area contributed by atoms with Crippen LogP contribution in [0.3, 0.4) is 0 Å². The van der Waals surface area contributed by atoms with Gasteiger partial charge in [0.15, 0.2) is 0 Å². The molecule has 2 nitrogen and oxygen atoms in total. The maximum atomic E-state index is 11.2. The molecule has 64 valence electrons. The summed E-state index contributed by atoms with van der Waals surface area (Å²) in [5.41, 5.74) is 0.950. The van der Waals surface area contributed by atoms with Crippen molar-refractivity contribution in [3.05, 3.63) is 12.2 Å². The highest BCUT2D eigenvalue weighted by atomic mass is 16.1. The van der Waals surface area contributed by atoms with Gasteiger partial charge in [0.1, 0.15) is 0 Å². The van der Waals surface area contributed by atoms with Crippen molar-refractivity contribution in [3.63, 3.8) is 0 Å². The minimum Gasteiger partial charge on any atom is -0.359 e. The highest BCUT2D eigenvalue weighted by molar-refractivity contribution is 5.80. The largest absolute Gasteiger partial charge is 0.359 e. The van der Waals surface area contributed by atoms with Gasteiger partial charge in [0.05, 0.1) is 5.92 Å². The molecule has 1 atom stereocenters. The zero-order valence-corrected chi connectivity index (χ0v) is 7.61. The predicted octanol–water partition coefficient (Wildman–Crippen LogP) is 1.72. The molecule has 0 fully saturated rings. The standard InChI is InChI=1S/C9H17NO/c1-5-6-8(7(2)3)9(11)10-4/h8H,2,5-6H2,1,3-4H3,(H,10,11). The maximum absolute atomic E-state index is 11.2. The van der Waals surface area contributed by atoms with Crippen LogP contribution < -0.4 is 5.32 Å². The van der Waals surface area contributed by atoms with E-state index in [4.69, 9.17) is 0 Å². The minimum atomic E-state index is 0.00463. The van der Waals surface area contributed by atoms with Gasteiger partial charge < -0.3 is 5.32 Å². The highest BCUT2D eigenvalue weighted by Crippen LogP contribution is 2.14. The zero-order valence-electron chi connectivity index (χ0n) is 7.61. The van der Waals surface area contributed by atoms with Gasteiger partial charge in [0.25, 0.3) is 0 Å². The predicted molar refractivity (Wildman–Crippen MR) is 47.3 cm³/mol. The van der Waals surface area contributed by atoms with Gasteiger partial charge >= 0.3 is 0 Å². The molecule has 0 saturated carbocycles. The van der Waals surface area contributed by atoms with Crippen molar-refractivity contribution in [3.8, 4) is 0 Å². The second kappa shape index (κ2) is 4.94. The average molecular weight is 155 g/mol. The van der Waals surface area contributed by atoms with E-state index in [0.29, 0.717) is 0 Å². The topological polar surface area (TPSA) is 29.1 Å². The van der Waals surface area contributed by atoms with Crippen molar-refractivity contribution in [1.82, 2.24) is 5.32 Å². The lowest BCUT2D eigenvalue weighted by Crippen LogP contribution is -2.27. The second-order valence-corrected chi connectivity index (χ2v) is 2.80. The van der Waals surface area contributed by atoms with E-state index in [1.54, 1.807) is 7.05 Å². The normalized spacial score (nSPS) is 12.3. The lowest BCUT2D eigenvalue weighted by Gasteiger charge is -2.13. The molecule has 0 bridgehead atoms. The third kappa shape index (κ3) is 3.21. The lowest BCUT2D eigenvalue weighted by molar-refractivity contribution is -0.123. The van der Waals surface area contributed by atoms with Gasteiger partial charge in [-0.3, -0.25) is 4.79 Å². The van der Waals surface area contributed by atoms with E-state index in [1.165, 1.54) is 0 Å². The molecule has 11 heavy (non-hydrogen) atoms. The number of carbonyl (C=O) groups is 1. The molecule has 0 aliphatic rings. The summed E-state index contributed by atoms with van der Waals surface area (Å²) in [6, 6.07) is 0. The van der Waals surface area contributed by atoms with Gasteiger partial charge in [0.2, 0.25) is 5.91 Å². The van der Waals surface area contributed by atoms with Crippen molar-refractivity contribution in [1.29, 1.82) is 0 Å². The van der Waals surface area contributed by atoms with Crippen molar-refractivity contribution < 1.29 is 4.79 Å². The number of nitrogens with one attached hydrogen (secondary N) is 1. The molecule has 1 unspecified atom stereocenters. The molecule has 1 amide bonds. The fourth-order valence-corrected chi connectivity index (χ4v) is 1.06. The second-order valence-electron chi connectivity index (χ2n) is 2.80. The third-order valence-corrected chi connectivity index (χ3v) is 1.74. The summed E-state index contributed by atoms with van der Waals surface area (Å²) in [5, 5.41) is 2.63. The quantitative estimate of drug-likeness (QED) is 0.615. The molecule has 1 N–H and O–H groups in total. The first-order valence-corrected chi connectivity index (χ1v) is 4.00. The molecule has 0 saturated heterocycles. The van der Waals surface area contributed by atoms with E-state index in [-0.39, 0.29) is 11.8 Å². The summed E-state index contributed by atoms with van der Waals surface area (Å²) in [6.07, 6.45) is 1.92. The molecule has 0 radical (unpaired) electrons. The van der Waals surface area contributed by atoms with Crippen molar-refractivity contribution in [2.24, 2.45) is 5.92 Å². The van der Waals surface area contributed by atoms with E-state index in [2.05, 4.69) is 18.8 Å². The smallest absolute Gasteiger partial charge is 0.226 e. The van der Waals surface area contributed by atoms with E-state index < -0.39 is 0 Å². The van der Waals surface area contributed by atoms with Crippen molar-refractivity contribution >= 4 is 5.91 Å². The SMILES string of the molecule is C=C(C)C(CCC)C(=O)NC. The number of carbonyl (C=O) groups excluding carboxylic acids is 1. The molecule has 0 aliphatic carbocycles. The van der Waals surface area contributed by atoms with Crippen LogP contribution in [0.1, 0.15) is 26.7 Å². The summed E-state index contributed by atoms with van der Waals surface area (Å²) in [7, 11) is 1.66. The fraction of sp³-hybridized carbons (Fsp3) is 0.667. The summed E-state index contributed by atoms with van der Waals surface area (Å²) in [6.45, 7) is 7.75. The maximum Gasteiger partial charge on any atom is 0.226 e. The number of rotatable bonds is 4. The molecule has 2 heteroatoms. The van der Waals surface area contributed by atoms with Crippen LogP contribution in [0.4, 0.5) is 0 Å². The number of amides is 1. The van der Waals surface area contributed by atoms with Crippen LogP contribution in [0.2, 0.25) is 0 Å². The summed E-state index contributed by atoms with van der Waals surface area (Å²) in [5.74, 6) is 0.0874. The summed E-state index contributed by atoms with van der Waals surface area (Å²) >= 11 is 0. The molecule has 0 aromatic rings. The first-order valence-electron chi connectivity index (χ1n) is 4.00. The molecule has 0 heterocycles. The Balaban J connectivity index is 4.09. The highest BCUT2D eigenvalue weighted by Gasteiger charge is 2.15. The van der Waals surface area contributed by atoms with Gasteiger partial charge in [0, 0.05) is 7.05 Å². The van der Waals surface area contributed by atoms with Crippen molar-refractivity contribution in [2.45, 2.75) is 26.7 Å². The van der Waals surface area contributed by atoms with Crippen LogP contribution in [0, 0.1) is 5.92 Å². The first kappa shape index (κ1) is 10.2. The van der Waals surface area contributed by atoms with E-state index >= 15 is 0 Å². The minimum absolute atomic E-state index is 0.00463. The zero-order chi connectivity index (χ0) is 8.85. The van der Waals surface area contributed by atoms with Crippen LogP contribution in [-0.2, 0) is 4.79 Å². The Bertz CT molecular complexity index is 152. The average Bonchev–Trinajstić information content (AvgIpc) is 1.98.